The summed E-state index contributed by atoms with van der Waals surface area (Å²) < 4.78 is 5.65. The molecule has 6 nitrogen and oxygen atoms in total. The second-order valence-corrected chi connectivity index (χ2v) is 9.19. The lowest BCUT2D eigenvalue weighted by molar-refractivity contribution is -0.116. The average Bonchev–Trinajstić information content (AvgIpc) is 3.34. The summed E-state index contributed by atoms with van der Waals surface area (Å²) in [6.45, 7) is 5.46. The quantitative estimate of drug-likeness (QED) is 0.432. The highest BCUT2D eigenvalue weighted by Gasteiger charge is 2.22. The highest BCUT2D eigenvalue weighted by Crippen LogP contribution is 2.27. The molecule has 1 unspecified atom stereocenters. The van der Waals surface area contributed by atoms with Crippen molar-refractivity contribution in [3.63, 3.8) is 0 Å². The van der Waals surface area contributed by atoms with Gasteiger partial charge in [0.15, 0.2) is 0 Å². The first-order valence-electron chi connectivity index (χ1n) is 12.8. The molecule has 0 spiro atoms. The van der Waals surface area contributed by atoms with E-state index in [4.69, 9.17) is 4.74 Å². The Bertz CT molecular complexity index is 725. The first-order valence-corrected chi connectivity index (χ1v) is 12.8. The molecule has 2 heterocycles. The summed E-state index contributed by atoms with van der Waals surface area (Å²) in [5, 5.41) is 6.06. The van der Waals surface area contributed by atoms with Gasteiger partial charge in [0.2, 0.25) is 5.91 Å². The summed E-state index contributed by atoms with van der Waals surface area (Å²) in [7, 11) is 0. The molecule has 2 aliphatic heterocycles. The van der Waals surface area contributed by atoms with Crippen molar-refractivity contribution in [2.45, 2.75) is 90.1 Å². The van der Waals surface area contributed by atoms with Crippen LogP contribution in [0.25, 0.3) is 0 Å². The van der Waals surface area contributed by atoms with E-state index in [1.54, 1.807) is 0 Å². The Balaban J connectivity index is 1.60. The van der Waals surface area contributed by atoms with Gasteiger partial charge < -0.3 is 20.3 Å². The van der Waals surface area contributed by atoms with Crippen LogP contribution in [0.4, 0.5) is 11.4 Å². The topological polar surface area (TPSA) is 70.7 Å². The fourth-order valence-corrected chi connectivity index (χ4v) is 4.60. The van der Waals surface area contributed by atoms with Gasteiger partial charge in [0.25, 0.3) is 5.91 Å². The largest absolute Gasteiger partial charge is 0.376 e. The molecule has 3 rings (SSSR count). The average molecular weight is 444 g/mol. The first kappa shape index (κ1) is 24.6. The molecule has 2 aliphatic rings. The molecular weight excluding hydrogens is 402 g/mol. The number of unbranched alkanes of at least 4 members (excludes halogenated alkanes) is 5. The van der Waals surface area contributed by atoms with Crippen LogP contribution in [0, 0.1) is 0 Å². The molecule has 0 aromatic heterocycles. The van der Waals surface area contributed by atoms with Gasteiger partial charge in [-0.1, -0.05) is 39.0 Å². The fraction of sp³-hybridized carbons (Fsp3) is 0.692. The van der Waals surface area contributed by atoms with Crippen LogP contribution in [-0.2, 0) is 9.53 Å². The van der Waals surface area contributed by atoms with E-state index >= 15 is 0 Å². The minimum absolute atomic E-state index is 0.0249. The number of rotatable bonds is 12. The molecule has 1 aromatic carbocycles. The number of carbonyl (C=O) groups excluding carboxylic acids is 2. The van der Waals surface area contributed by atoms with Crippen LogP contribution in [0.1, 0.15) is 94.3 Å². The van der Waals surface area contributed by atoms with Gasteiger partial charge in [-0.25, -0.2) is 0 Å². The molecule has 178 valence electrons. The summed E-state index contributed by atoms with van der Waals surface area (Å²) in [4.78, 5) is 27.8. The van der Waals surface area contributed by atoms with Crippen LogP contribution in [-0.4, -0.2) is 44.2 Å². The van der Waals surface area contributed by atoms with E-state index in [2.05, 4.69) is 22.5 Å². The van der Waals surface area contributed by atoms with Gasteiger partial charge in [0, 0.05) is 44.0 Å². The van der Waals surface area contributed by atoms with Gasteiger partial charge in [-0.05, 0) is 56.7 Å². The zero-order valence-electron chi connectivity index (χ0n) is 19.8. The summed E-state index contributed by atoms with van der Waals surface area (Å²) in [6, 6.07) is 5.76. The van der Waals surface area contributed by atoms with Crippen molar-refractivity contribution in [1.29, 1.82) is 0 Å². The maximum atomic E-state index is 13.1. The highest BCUT2D eigenvalue weighted by atomic mass is 16.5. The number of piperidine rings is 1. The number of carbonyl (C=O) groups is 2. The van der Waals surface area contributed by atoms with Crippen molar-refractivity contribution in [2.75, 3.05) is 36.5 Å². The molecule has 2 fully saturated rings. The lowest BCUT2D eigenvalue weighted by Gasteiger charge is -2.30. The SMILES string of the molecule is CCCCCCCCC(=O)Nc1ccc(N2CCCCC2)c(C(=O)NCC2CCCO2)c1. The predicted molar refractivity (Wildman–Crippen MR) is 130 cm³/mol. The van der Waals surface area contributed by atoms with Crippen LogP contribution < -0.4 is 15.5 Å². The third-order valence-corrected chi connectivity index (χ3v) is 6.49. The van der Waals surface area contributed by atoms with Crippen molar-refractivity contribution in [3.8, 4) is 0 Å². The maximum Gasteiger partial charge on any atom is 0.253 e. The minimum Gasteiger partial charge on any atom is -0.376 e. The summed E-state index contributed by atoms with van der Waals surface area (Å²) >= 11 is 0. The van der Waals surface area contributed by atoms with Gasteiger partial charge in [0.05, 0.1) is 11.7 Å². The molecule has 1 atom stereocenters. The van der Waals surface area contributed by atoms with E-state index in [1.165, 1.54) is 32.1 Å². The Kier molecular flexibility index (Phi) is 10.3. The second-order valence-electron chi connectivity index (χ2n) is 9.19. The van der Waals surface area contributed by atoms with Gasteiger partial charge in [0.1, 0.15) is 0 Å². The monoisotopic (exact) mass is 443 g/mol. The number of anilines is 2. The van der Waals surface area contributed by atoms with Crippen molar-refractivity contribution in [2.24, 2.45) is 0 Å². The number of nitrogens with zero attached hydrogens (tertiary/aromatic N) is 1. The Labute approximate surface area is 193 Å². The molecule has 2 saturated heterocycles. The minimum atomic E-state index is -0.0897. The third kappa shape index (κ3) is 7.80. The van der Waals surface area contributed by atoms with E-state index < -0.39 is 0 Å². The molecule has 2 amide bonds. The van der Waals surface area contributed by atoms with Gasteiger partial charge in [-0.2, -0.15) is 0 Å². The highest BCUT2D eigenvalue weighted by molar-refractivity contribution is 6.02. The number of nitrogens with one attached hydrogen (secondary N) is 2. The zero-order valence-corrected chi connectivity index (χ0v) is 19.8. The number of benzene rings is 1. The predicted octanol–water partition coefficient (Wildman–Crippen LogP) is 5.27. The van der Waals surface area contributed by atoms with E-state index in [9.17, 15) is 9.59 Å². The Morgan fingerprint density at radius 1 is 1.03 bits per heavy atom. The van der Waals surface area contributed by atoms with Crippen LogP contribution in [0.2, 0.25) is 0 Å². The number of hydrogen-bond acceptors (Lipinski definition) is 4. The maximum absolute atomic E-state index is 13.1. The second kappa shape index (κ2) is 13.5. The first-order chi connectivity index (χ1) is 15.7. The molecule has 1 aromatic rings. The molecule has 0 saturated carbocycles. The molecule has 0 radical (unpaired) electrons. The molecule has 2 N–H and O–H groups in total. The lowest BCUT2D eigenvalue weighted by atomic mass is 10.1. The molecule has 32 heavy (non-hydrogen) atoms. The van der Waals surface area contributed by atoms with Gasteiger partial charge in [-0.15, -0.1) is 0 Å². The summed E-state index contributed by atoms with van der Waals surface area (Å²) in [5.41, 5.74) is 2.30. The zero-order chi connectivity index (χ0) is 22.6. The fourth-order valence-electron chi connectivity index (χ4n) is 4.60. The van der Waals surface area contributed by atoms with Crippen molar-refractivity contribution in [3.05, 3.63) is 23.8 Å². The van der Waals surface area contributed by atoms with Gasteiger partial charge in [-0.3, -0.25) is 9.59 Å². The Morgan fingerprint density at radius 2 is 1.81 bits per heavy atom. The van der Waals surface area contributed by atoms with Crippen molar-refractivity contribution in [1.82, 2.24) is 5.32 Å². The summed E-state index contributed by atoms with van der Waals surface area (Å²) in [6.07, 6.45) is 13.2. The smallest absolute Gasteiger partial charge is 0.253 e. The van der Waals surface area contributed by atoms with Crippen LogP contribution in [0.5, 0.6) is 0 Å². The van der Waals surface area contributed by atoms with Gasteiger partial charge >= 0.3 is 0 Å². The Morgan fingerprint density at radius 3 is 2.56 bits per heavy atom. The molecule has 0 aliphatic carbocycles. The Hall–Kier alpha value is -2.08. The normalized spacial score (nSPS) is 18.5. The number of ether oxygens (including phenoxy) is 1. The lowest BCUT2D eigenvalue weighted by Crippen LogP contribution is -2.35. The van der Waals surface area contributed by atoms with Crippen LogP contribution in [0.3, 0.4) is 0 Å². The van der Waals surface area contributed by atoms with E-state index in [0.717, 1.165) is 63.9 Å². The molecule has 6 heteroatoms. The van der Waals surface area contributed by atoms with Crippen LogP contribution in [0.15, 0.2) is 18.2 Å². The molecule has 0 bridgehead atoms. The van der Waals surface area contributed by atoms with Crippen LogP contribution >= 0.6 is 0 Å². The van der Waals surface area contributed by atoms with E-state index in [-0.39, 0.29) is 17.9 Å². The molecular formula is C26H41N3O3. The van der Waals surface area contributed by atoms with E-state index in [0.29, 0.717) is 24.2 Å². The number of hydrogen-bond donors (Lipinski definition) is 2. The standard InChI is InChI=1S/C26H41N3O3/c1-2-3-4-5-6-8-13-25(30)28-21-14-15-24(29-16-9-7-10-17-29)23(19-21)26(31)27-20-22-12-11-18-32-22/h14-15,19,22H,2-13,16-18,20H2,1H3,(H,27,31)(H,28,30). The van der Waals surface area contributed by atoms with E-state index in [1.807, 2.05) is 18.2 Å². The van der Waals surface area contributed by atoms with Crippen molar-refractivity contribution >= 4 is 23.2 Å². The summed E-state index contributed by atoms with van der Waals surface area (Å²) in [5.74, 6) is -0.0648. The third-order valence-electron chi connectivity index (χ3n) is 6.49. The van der Waals surface area contributed by atoms with Crippen molar-refractivity contribution < 1.29 is 14.3 Å². The number of amides is 2.